The molecule has 8 aliphatic carbocycles. The van der Waals surface area contributed by atoms with Gasteiger partial charge in [0, 0.05) is 22.3 Å². The summed E-state index contributed by atoms with van der Waals surface area (Å²) in [6.07, 6.45) is 29.0. The van der Waals surface area contributed by atoms with E-state index in [1.165, 1.54) is 140 Å². The topological polar surface area (TPSA) is 24.7 Å². The van der Waals surface area contributed by atoms with Gasteiger partial charge in [-0.1, -0.05) is 53.4 Å². The van der Waals surface area contributed by atoms with E-state index in [-0.39, 0.29) is 0 Å². The van der Waals surface area contributed by atoms with E-state index in [1.807, 2.05) is 0 Å². The summed E-state index contributed by atoms with van der Waals surface area (Å²) in [5, 5.41) is 10.6. The van der Waals surface area contributed by atoms with Gasteiger partial charge in [-0.15, -0.1) is 0 Å². The van der Waals surface area contributed by atoms with Gasteiger partial charge in [-0.25, -0.2) is 0 Å². The third-order valence-corrected chi connectivity index (χ3v) is 16.9. The molecule has 8 saturated carbocycles. The van der Waals surface area contributed by atoms with Crippen molar-refractivity contribution in [3.05, 3.63) is 0 Å². The molecule has 0 aromatic rings. The summed E-state index contributed by atoms with van der Waals surface area (Å²) in [4.78, 5) is 0. The van der Waals surface area contributed by atoms with Crippen LogP contribution in [0.5, 0.6) is 0 Å². The van der Waals surface area contributed by atoms with Crippen LogP contribution in [0.25, 0.3) is 0 Å². The van der Waals surface area contributed by atoms with Crippen molar-refractivity contribution < 1.29 is 0 Å². The molecule has 0 radical (unpaired) electrons. The van der Waals surface area contributed by atoms with Gasteiger partial charge in [-0.2, -0.15) is 10.2 Å². The molecule has 0 aromatic heterocycles. The Balaban J connectivity index is 1.02. The lowest BCUT2D eigenvalue weighted by atomic mass is 9.45. The fourth-order valence-electron chi connectivity index (χ4n) is 14.6. The van der Waals surface area contributed by atoms with Gasteiger partial charge in [0.15, 0.2) is 0 Å². The van der Waals surface area contributed by atoms with E-state index in [9.17, 15) is 0 Å². The van der Waals surface area contributed by atoms with Gasteiger partial charge in [0.25, 0.3) is 0 Å². The molecule has 0 saturated heterocycles. The highest BCUT2D eigenvalue weighted by molar-refractivity contribution is 5.95. The lowest BCUT2D eigenvalue weighted by Gasteiger charge is -2.60. The highest BCUT2D eigenvalue weighted by atomic mass is 15.2. The Morgan fingerprint density at radius 3 is 1.35 bits per heavy atom. The van der Waals surface area contributed by atoms with Crippen molar-refractivity contribution in [2.75, 3.05) is 0 Å². The summed E-state index contributed by atoms with van der Waals surface area (Å²) in [7, 11) is 0. The molecule has 222 valence electrons. The van der Waals surface area contributed by atoms with Crippen LogP contribution < -0.4 is 0 Å². The molecule has 0 bridgehead atoms. The average molecular weight is 545 g/mol. The minimum Gasteiger partial charge on any atom is -0.160 e. The molecule has 40 heavy (non-hydrogen) atoms. The zero-order valence-electron chi connectivity index (χ0n) is 26.7. The molecule has 0 amide bonds. The van der Waals surface area contributed by atoms with Crippen LogP contribution in [0.4, 0.5) is 0 Å². The third kappa shape index (κ3) is 3.64. The van der Waals surface area contributed by atoms with Crippen LogP contribution in [0.1, 0.15) is 156 Å². The van der Waals surface area contributed by atoms with E-state index in [1.54, 1.807) is 0 Å². The van der Waals surface area contributed by atoms with Crippen molar-refractivity contribution in [3.8, 4) is 0 Å². The van der Waals surface area contributed by atoms with Gasteiger partial charge in [0.2, 0.25) is 0 Å². The first-order valence-electron chi connectivity index (χ1n) is 18.4. The standard InChI is InChI=1S/C38H60N2/c1-35-21-7-5-9-25(35)11-13-27-29-15-17-33(37(29,3)23-19-31(27)35)39-40-34-18-16-30-28-14-12-26-10-6-8-22-36(26,2)32(28)20-24-38(30,34)4/h25-32H,5-24H2,1-4H3. The molecule has 2 heteroatoms. The molecule has 0 spiro atoms. The van der Waals surface area contributed by atoms with Crippen LogP contribution in [-0.2, 0) is 0 Å². The van der Waals surface area contributed by atoms with Gasteiger partial charge < -0.3 is 0 Å². The van der Waals surface area contributed by atoms with E-state index < -0.39 is 0 Å². The zero-order chi connectivity index (χ0) is 27.3. The second kappa shape index (κ2) is 9.42. The Morgan fingerprint density at radius 2 is 0.900 bits per heavy atom. The van der Waals surface area contributed by atoms with Gasteiger partial charge in [-0.3, -0.25) is 0 Å². The number of rotatable bonds is 1. The quantitative estimate of drug-likeness (QED) is 0.293. The Morgan fingerprint density at radius 1 is 0.450 bits per heavy atom. The molecular formula is C38H60N2. The van der Waals surface area contributed by atoms with E-state index in [0.29, 0.717) is 21.7 Å². The normalized spacial score (nSPS) is 57.5. The minimum atomic E-state index is 0.327. The van der Waals surface area contributed by atoms with Crippen LogP contribution in [0.2, 0.25) is 0 Å². The predicted molar refractivity (Wildman–Crippen MR) is 168 cm³/mol. The van der Waals surface area contributed by atoms with Crippen molar-refractivity contribution in [1.29, 1.82) is 0 Å². The van der Waals surface area contributed by atoms with Gasteiger partial charge in [0.05, 0.1) is 0 Å². The van der Waals surface area contributed by atoms with E-state index in [0.717, 1.165) is 47.3 Å². The summed E-state index contributed by atoms with van der Waals surface area (Å²) in [5.74, 6) is 7.68. The molecule has 8 fully saturated rings. The van der Waals surface area contributed by atoms with Gasteiger partial charge >= 0.3 is 0 Å². The number of hydrogen-bond acceptors (Lipinski definition) is 2. The average Bonchev–Trinajstić information content (AvgIpc) is 3.47. The highest BCUT2D eigenvalue weighted by Gasteiger charge is 2.61. The van der Waals surface area contributed by atoms with E-state index >= 15 is 0 Å². The maximum Gasteiger partial charge on any atom is 0.0467 e. The molecule has 12 unspecified atom stereocenters. The van der Waals surface area contributed by atoms with E-state index in [2.05, 4.69) is 27.7 Å². The maximum atomic E-state index is 5.32. The van der Waals surface area contributed by atoms with Crippen molar-refractivity contribution >= 4 is 11.4 Å². The Bertz CT molecular complexity index is 989. The van der Waals surface area contributed by atoms with Crippen molar-refractivity contribution in [1.82, 2.24) is 0 Å². The first-order valence-corrected chi connectivity index (χ1v) is 18.4. The maximum absolute atomic E-state index is 5.32. The zero-order valence-corrected chi connectivity index (χ0v) is 26.7. The summed E-state index contributed by atoms with van der Waals surface area (Å²) in [5.41, 5.74) is 4.96. The van der Waals surface area contributed by atoms with Crippen LogP contribution in [0.3, 0.4) is 0 Å². The molecule has 12 atom stereocenters. The molecule has 0 N–H and O–H groups in total. The van der Waals surface area contributed by atoms with Crippen LogP contribution >= 0.6 is 0 Å². The van der Waals surface area contributed by atoms with Gasteiger partial charge in [-0.05, 0) is 161 Å². The second-order valence-electron chi connectivity index (χ2n) is 17.9. The smallest absolute Gasteiger partial charge is 0.0467 e. The minimum absolute atomic E-state index is 0.327. The first-order chi connectivity index (χ1) is 19.3. The number of nitrogens with zero attached hydrogens (tertiary/aromatic N) is 2. The second-order valence-corrected chi connectivity index (χ2v) is 17.9. The Labute approximate surface area is 246 Å². The van der Waals surface area contributed by atoms with Crippen molar-refractivity contribution in [2.45, 2.75) is 156 Å². The number of hydrogen-bond donors (Lipinski definition) is 0. The van der Waals surface area contributed by atoms with Crippen LogP contribution in [-0.4, -0.2) is 11.4 Å². The lowest BCUT2D eigenvalue weighted by molar-refractivity contribution is -0.0938. The molecule has 0 heterocycles. The Kier molecular flexibility index (Phi) is 6.34. The summed E-state index contributed by atoms with van der Waals surface area (Å²) in [6.45, 7) is 10.7. The fraction of sp³-hybridized carbons (Fsp3) is 0.947. The fourth-order valence-corrected chi connectivity index (χ4v) is 14.6. The number of fused-ring (bicyclic) bond motifs is 10. The molecule has 0 aromatic carbocycles. The van der Waals surface area contributed by atoms with E-state index in [4.69, 9.17) is 10.2 Å². The molecule has 8 aliphatic rings. The van der Waals surface area contributed by atoms with Gasteiger partial charge in [0.1, 0.15) is 0 Å². The van der Waals surface area contributed by atoms with Crippen molar-refractivity contribution in [2.24, 2.45) is 79.2 Å². The molecule has 2 nitrogen and oxygen atoms in total. The summed E-state index contributed by atoms with van der Waals surface area (Å²) >= 11 is 0. The van der Waals surface area contributed by atoms with Crippen LogP contribution in [0.15, 0.2) is 10.2 Å². The monoisotopic (exact) mass is 544 g/mol. The SMILES string of the molecule is CC12CCC3C(CCC4CCCCC43C)C1CCC2=NN=C1CCC2C3CCC4CCCCC4(C)C3CCC12C. The lowest BCUT2D eigenvalue weighted by Crippen LogP contribution is -2.53. The Hall–Kier alpha value is -0.660. The summed E-state index contributed by atoms with van der Waals surface area (Å²) in [6, 6.07) is 0. The molecule has 0 aliphatic heterocycles. The first kappa shape index (κ1) is 26.9. The molecular weight excluding hydrogens is 484 g/mol. The largest absolute Gasteiger partial charge is 0.160 e. The predicted octanol–water partition coefficient (Wildman–Crippen LogP) is 10.6. The van der Waals surface area contributed by atoms with Crippen LogP contribution in [0, 0.1) is 69.0 Å². The molecule has 8 rings (SSSR count). The summed E-state index contributed by atoms with van der Waals surface area (Å²) < 4.78 is 0. The highest BCUT2D eigenvalue weighted by Crippen LogP contribution is 2.67. The van der Waals surface area contributed by atoms with Crippen molar-refractivity contribution in [3.63, 3.8) is 0 Å². The third-order valence-electron chi connectivity index (χ3n) is 16.9.